The second-order valence-electron chi connectivity index (χ2n) is 7.69. The molecule has 32 heavy (non-hydrogen) atoms. The van der Waals surface area contributed by atoms with E-state index < -0.39 is 18.0 Å². The maximum absolute atomic E-state index is 14.2. The van der Waals surface area contributed by atoms with E-state index in [9.17, 15) is 9.50 Å². The van der Waals surface area contributed by atoms with E-state index in [0.717, 1.165) is 0 Å². The average molecular weight is 435 g/mol. The van der Waals surface area contributed by atoms with Gasteiger partial charge in [0.15, 0.2) is 11.6 Å². The number of nitrogen functional groups attached to an aromatic ring is 1. The van der Waals surface area contributed by atoms with Crippen LogP contribution in [-0.4, -0.2) is 34.9 Å². The lowest BCUT2D eigenvalue weighted by molar-refractivity contribution is 0.214. The van der Waals surface area contributed by atoms with Crippen LogP contribution in [0.25, 0.3) is 22.5 Å². The SMILES string of the molecule is CCn1ncc2c1-c1cnc(N)c(c1)O[C@H](C)c1cc(F)ccc1-c1nn(C)nc1C2O. The Labute approximate surface area is 183 Å². The molecule has 2 bridgehead atoms. The fraction of sp³-hybridized carbons (Fsp3) is 0.273. The van der Waals surface area contributed by atoms with Crippen LogP contribution in [0.2, 0.25) is 0 Å². The van der Waals surface area contributed by atoms with Crippen molar-refractivity contribution in [3.8, 4) is 28.3 Å². The van der Waals surface area contributed by atoms with Gasteiger partial charge in [-0.25, -0.2) is 9.37 Å². The van der Waals surface area contributed by atoms with Crippen molar-refractivity contribution in [3.63, 3.8) is 0 Å². The molecule has 1 aromatic carbocycles. The van der Waals surface area contributed by atoms with Crippen molar-refractivity contribution in [1.82, 2.24) is 29.8 Å². The Hall–Kier alpha value is -3.79. The zero-order chi connectivity index (χ0) is 22.6. The van der Waals surface area contributed by atoms with E-state index >= 15 is 0 Å². The van der Waals surface area contributed by atoms with E-state index in [2.05, 4.69) is 20.3 Å². The van der Waals surface area contributed by atoms with Crippen molar-refractivity contribution in [1.29, 1.82) is 0 Å². The number of hydrogen-bond donors (Lipinski definition) is 2. The number of aliphatic hydroxyl groups is 1. The number of aliphatic hydroxyl groups excluding tert-OH is 1. The first-order valence-corrected chi connectivity index (χ1v) is 10.2. The number of ether oxygens (including phenoxy) is 1. The number of anilines is 1. The lowest BCUT2D eigenvalue weighted by atomic mass is 9.95. The number of aryl methyl sites for hydroxylation is 2. The predicted molar refractivity (Wildman–Crippen MR) is 115 cm³/mol. The third-order valence-corrected chi connectivity index (χ3v) is 5.63. The molecule has 0 amide bonds. The molecule has 3 N–H and O–H groups in total. The van der Waals surface area contributed by atoms with Crippen LogP contribution >= 0.6 is 0 Å². The van der Waals surface area contributed by atoms with Crippen LogP contribution in [0.5, 0.6) is 5.75 Å². The third kappa shape index (κ3) is 3.11. The maximum Gasteiger partial charge on any atom is 0.166 e. The second kappa shape index (κ2) is 7.41. The number of fused-ring (bicyclic) bond motifs is 7. The first-order valence-electron chi connectivity index (χ1n) is 10.2. The monoisotopic (exact) mass is 435 g/mol. The molecule has 0 aliphatic carbocycles. The average Bonchev–Trinajstić information content (AvgIpc) is 3.37. The Morgan fingerprint density at radius 3 is 2.78 bits per heavy atom. The molecule has 0 saturated heterocycles. The summed E-state index contributed by atoms with van der Waals surface area (Å²) >= 11 is 0. The van der Waals surface area contributed by atoms with Gasteiger partial charge in [-0.1, -0.05) is 0 Å². The van der Waals surface area contributed by atoms with E-state index in [1.807, 2.05) is 6.92 Å². The topological polar surface area (TPSA) is 117 Å². The second-order valence-corrected chi connectivity index (χ2v) is 7.69. The van der Waals surface area contributed by atoms with Gasteiger partial charge in [0, 0.05) is 42.0 Å². The molecule has 164 valence electrons. The molecule has 0 spiro atoms. The zero-order valence-electron chi connectivity index (χ0n) is 17.8. The molecule has 0 radical (unpaired) electrons. The molecule has 3 aromatic heterocycles. The number of nitrogens with two attached hydrogens (primary N) is 1. The molecule has 4 aromatic rings. The van der Waals surface area contributed by atoms with Crippen LogP contribution in [0.4, 0.5) is 10.2 Å². The summed E-state index contributed by atoms with van der Waals surface area (Å²) in [4.78, 5) is 5.67. The Balaban J connectivity index is 1.85. The molecule has 5 rings (SSSR count). The normalized spacial score (nSPS) is 17.4. The van der Waals surface area contributed by atoms with Crippen molar-refractivity contribution < 1.29 is 14.2 Å². The highest BCUT2D eigenvalue weighted by Gasteiger charge is 2.30. The number of benzene rings is 1. The molecule has 0 fully saturated rings. The summed E-state index contributed by atoms with van der Waals surface area (Å²) < 4.78 is 22.1. The van der Waals surface area contributed by atoms with Crippen LogP contribution in [-0.2, 0) is 13.6 Å². The summed E-state index contributed by atoms with van der Waals surface area (Å²) in [5, 5.41) is 24.8. The summed E-state index contributed by atoms with van der Waals surface area (Å²) in [6.45, 7) is 4.33. The molecular weight excluding hydrogens is 413 g/mol. The van der Waals surface area contributed by atoms with Crippen LogP contribution in [0, 0.1) is 5.82 Å². The number of pyridine rings is 1. The van der Waals surface area contributed by atoms with Gasteiger partial charge in [-0.15, -0.1) is 0 Å². The standard InChI is InChI=1S/C22H22FN7O2/c1-4-30-20-12-7-17(22(24)25-9-12)32-11(2)15-8-13(23)5-6-14(15)18-19(28-29(3)27-18)21(31)16(20)10-26-30/h5-11,21,31H,4H2,1-3H3,(H2,24,25)/t11-,21?/m1/s1. The smallest absolute Gasteiger partial charge is 0.166 e. The Morgan fingerprint density at radius 2 is 2.00 bits per heavy atom. The van der Waals surface area contributed by atoms with Gasteiger partial charge in [0.25, 0.3) is 0 Å². The van der Waals surface area contributed by atoms with Crippen molar-refractivity contribution >= 4 is 5.82 Å². The van der Waals surface area contributed by atoms with E-state index in [1.165, 1.54) is 16.9 Å². The van der Waals surface area contributed by atoms with Gasteiger partial charge >= 0.3 is 0 Å². The summed E-state index contributed by atoms with van der Waals surface area (Å²) in [5.74, 6) is 0.151. The number of aromatic nitrogens is 6. The van der Waals surface area contributed by atoms with Crippen molar-refractivity contribution in [2.24, 2.45) is 7.05 Å². The largest absolute Gasteiger partial charge is 0.482 e. The molecule has 1 aliphatic heterocycles. The first-order chi connectivity index (χ1) is 15.4. The van der Waals surface area contributed by atoms with E-state index in [-0.39, 0.29) is 5.82 Å². The summed E-state index contributed by atoms with van der Waals surface area (Å²) in [6, 6.07) is 6.12. The Morgan fingerprint density at radius 1 is 1.19 bits per heavy atom. The van der Waals surface area contributed by atoms with Crippen LogP contribution in [0.1, 0.15) is 42.9 Å². The first kappa shape index (κ1) is 20.1. The molecule has 0 saturated carbocycles. The van der Waals surface area contributed by atoms with Gasteiger partial charge in [-0.05, 0) is 38.1 Å². The van der Waals surface area contributed by atoms with Gasteiger partial charge in [-0.2, -0.15) is 20.1 Å². The van der Waals surface area contributed by atoms with Gasteiger partial charge in [-0.3, -0.25) is 4.68 Å². The van der Waals surface area contributed by atoms with Crippen LogP contribution < -0.4 is 10.5 Å². The van der Waals surface area contributed by atoms with Crippen LogP contribution in [0.3, 0.4) is 0 Å². The van der Waals surface area contributed by atoms with E-state index in [0.29, 0.717) is 51.6 Å². The highest BCUT2D eigenvalue weighted by Crippen LogP contribution is 2.40. The minimum absolute atomic E-state index is 0.209. The number of hydrogen-bond acceptors (Lipinski definition) is 7. The molecular formula is C22H22FN7O2. The Kier molecular flexibility index (Phi) is 4.66. The lowest BCUT2D eigenvalue weighted by Gasteiger charge is -2.21. The third-order valence-electron chi connectivity index (χ3n) is 5.63. The molecule has 1 aliphatic rings. The molecule has 9 nitrogen and oxygen atoms in total. The predicted octanol–water partition coefficient (Wildman–Crippen LogP) is 3.02. The highest BCUT2D eigenvalue weighted by molar-refractivity contribution is 5.71. The lowest BCUT2D eigenvalue weighted by Crippen LogP contribution is -2.11. The van der Waals surface area contributed by atoms with E-state index in [1.54, 1.807) is 43.2 Å². The molecule has 2 atom stereocenters. The highest BCUT2D eigenvalue weighted by atomic mass is 19.1. The van der Waals surface area contributed by atoms with Gasteiger partial charge in [0.05, 0.1) is 11.9 Å². The summed E-state index contributed by atoms with van der Waals surface area (Å²) in [5.41, 5.74) is 9.94. The fourth-order valence-corrected chi connectivity index (χ4v) is 4.12. The molecule has 10 heteroatoms. The molecule has 1 unspecified atom stereocenters. The van der Waals surface area contributed by atoms with Gasteiger partial charge in [0.1, 0.15) is 29.4 Å². The van der Waals surface area contributed by atoms with Crippen molar-refractivity contribution in [2.75, 3.05) is 5.73 Å². The zero-order valence-corrected chi connectivity index (χ0v) is 17.8. The van der Waals surface area contributed by atoms with Gasteiger partial charge < -0.3 is 15.6 Å². The quantitative estimate of drug-likeness (QED) is 0.472. The molecule has 4 heterocycles. The minimum Gasteiger partial charge on any atom is -0.482 e. The van der Waals surface area contributed by atoms with E-state index in [4.69, 9.17) is 10.5 Å². The van der Waals surface area contributed by atoms with Crippen molar-refractivity contribution in [2.45, 2.75) is 32.6 Å². The summed E-state index contributed by atoms with van der Waals surface area (Å²) in [6.07, 6.45) is 1.52. The minimum atomic E-state index is -1.12. The Bertz CT molecular complexity index is 1330. The summed E-state index contributed by atoms with van der Waals surface area (Å²) in [7, 11) is 1.67. The van der Waals surface area contributed by atoms with Crippen LogP contribution in [0.15, 0.2) is 36.7 Å². The number of rotatable bonds is 1. The maximum atomic E-state index is 14.2. The van der Waals surface area contributed by atoms with Gasteiger partial charge in [0.2, 0.25) is 0 Å². The number of halogens is 1. The number of nitrogens with zero attached hydrogens (tertiary/aromatic N) is 6. The van der Waals surface area contributed by atoms with Crippen molar-refractivity contribution in [3.05, 3.63) is 59.3 Å². The fourth-order valence-electron chi connectivity index (χ4n) is 4.12.